The van der Waals surface area contributed by atoms with Crippen LogP contribution in [0, 0.1) is 0 Å². The summed E-state index contributed by atoms with van der Waals surface area (Å²) in [7, 11) is 1.72. The Morgan fingerprint density at radius 3 is 2.78 bits per heavy atom. The number of aromatic nitrogens is 4. The molecule has 0 radical (unpaired) electrons. The fourth-order valence-corrected chi connectivity index (χ4v) is 3.38. The van der Waals surface area contributed by atoms with Gasteiger partial charge in [0.15, 0.2) is 5.82 Å². The lowest BCUT2D eigenvalue weighted by atomic mass is 10.1. The molecule has 1 aliphatic carbocycles. The van der Waals surface area contributed by atoms with Gasteiger partial charge in [-0.15, -0.1) is 0 Å². The maximum atomic E-state index is 12.7. The zero-order valence-corrected chi connectivity index (χ0v) is 18.8. The van der Waals surface area contributed by atoms with Crippen LogP contribution in [0.25, 0.3) is 0 Å². The summed E-state index contributed by atoms with van der Waals surface area (Å²) in [6.45, 7) is 6.35. The van der Waals surface area contributed by atoms with E-state index in [2.05, 4.69) is 25.9 Å². The summed E-state index contributed by atoms with van der Waals surface area (Å²) in [4.78, 5) is 24.6. The normalized spacial score (nSPS) is 20.9. The Balaban J connectivity index is 1.29. The highest BCUT2D eigenvalue weighted by Crippen LogP contribution is 2.30. The van der Waals surface area contributed by atoms with Crippen LogP contribution in [0.3, 0.4) is 0 Å². The summed E-state index contributed by atoms with van der Waals surface area (Å²) in [5.74, 6) is 0.0588. The lowest BCUT2D eigenvalue weighted by Gasteiger charge is -2.21. The second-order valence-corrected chi connectivity index (χ2v) is 9.28. The zero-order valence-electron chi connectivity index (χ0n) is 18.8. The third kappa shape index (κ3) is 5.86. The van der Waals surface area contributed by atoms with Crippen molar-refractivity contribution in [2.45, 2.75) is 70.5 Å². The number of nitrogens with zero attached hydrogens (tertiary/aromatic N) is 3. The first kappa shape index (κ1) is 22.3. The summed E-state index contributed by atoms with van der Waals surface area (Å²) in [6, 6.07) is 3.43. The van der Waals surface area contributed by atoms with Crippen molar-refractivity contribution in [3.05, 3.63) is 29.2 Å². The molecule has 2 amide bonds. The van der Waals surface area contributed by atoms with Crippen LogP contribution in [0.15, 0.2) is 12.1 Å². The van der Waals surface area contributed by atoms with Gasteiger partial charge in [0.2, 0.25) is 0 Å². The number of H-pyrrole nitrogens is 1. The lowest BCUT2D eigenvalue weighted by molar-refractivity contribution is 0.0661. The number of hydrogen-bond acceptors (Lipinski definition) is 7. The number of aryl methyl sites for hydroxylation is 1. The van der Waals surface area contributed by atoms with Crippen molar-refractivity contribution in [3.8, 4) is 0 Å². The molecule has 2 aromatic heterocycles. The van der Waals surface area contributed by atoms with Gasteiger partial charge >= 0.3 is 6.09 Å². The molecule has 0 unspecified atom stereocenters. The molecule has 1 aliphatic heterocycles. The smallest absolute Gasteiger partial charge is 0.407 e. The van der Waals surface area contributed by atoms with Crippen molar-refractivity contribution in [1.82, 2.24) is 25.3 Å². The van der Waals surface area contributed by atoms with Gasteiger partial charge in [-0.3, -0.25) is 14.6 Å². The molecule has 2 aliphatic rings. The highest BCUT2D eigenvalue weighted by Gasteiger charge is 2.32. The summed E-state index contributed by atoms with van der Waals surface area (Å²) >= 11 is 0. The summed E-state index contributed by atoms with van der Waals surface area (Å²) in [5.41, 5.74) is 1.46. The summed E-state index contributed by atoms with van der Waals surface area (Å²) < 4.78 is 18.3. The quantitative estimate of drug-likeness (QED) is 0.595. The van der Waals surface area contributed by atoms with Crippen LogP contribution in [0.5, 0.6) is 0 Å². The van der Waals surface area contributed by atoms with Gasteiger partial charge in [0, 0.05) is 25.1 Å². The van der Waals surface area contributed by atoms with E-state index >= 15 is 0 Å². The number of carbonyl (C=O) groups excluding carboxylic acids is 2. The lowest BCUT2D eigenvalue weighted by Crippen LogP contribution is -2.42. The standard InChI is InChI=1S/C21H30N6O5/c1-21(2,3)23-20(29)32-14-8-17(31-11-14)15-9-18(25-24-15)22-19(28)16-7-12(26-27(16)4)10-30-13-5-6-13/h7,9,13-14,17H,5-6,8,10-11H2,1-4H3,(H,23,29)(H2,22,24,25,28)/t14-,17-/m0/s1. The number of carbonyl (C=O) groups is 2. The Hall–Kier alpha value is -2.92. The van der Waals surface area contributed by atoms with Gasteiger partial charge in [-0.2, -0.15) is 10.2 Å². The molecule has 1 saturated carbocycles. The molecule has 2 aromatic rings. The predicted molar refractivity (Wildman–Crippen MR) is 114 cm³/mol. The largest absolute Gasteiger partial charge is 0.444 e. The van der Waals surface area contributed by atoms with Gasteiger partial charge in [0.25, 0.3) is 5.91 Å². The van der Waals surface area contributed by atoms with E-state index < -0.39 is 6.09 Å². The Morgan fingerprint density at radius 1 is 1.28 bits per heavy atom. The molecule has 11 heteroatoms. The fraction of sp³-hybridized carbons (Fsp3) is 0.619. The molecule has 174 valence electrons. The minimum atomic E-state index is -0.470. The fourth-order valence-electron chi connectivity index (χ4n) is 3.38. The zero-order chi connectivity index (χ0) is 22.9. The molecule has 4 rings (SSSR count). The van der Waals surface area contributed by atoms with Gasteiger partial charge in [-0.25, -0.2) is 4.79 Å². The second kappa shape index (κ2) is 8.91. The van der Waals surface area contributed by atoms with Crippen molar-refractivity contribution in [1.29, 1.82) is 0 Å². The van der Waals surface area contributed by atoms with Crippen molar-refractivity contribution >= 4 is 17.8 Å². The van der Waals surface area contributed by atoms with Gasteiger partial charge in [-0.1, -0.05) is 0 Å². The molecule has 3 N–H and O–H groups in total. The van der Waals surface area contributed by atoms with Crippen LogP contribution in [0.4, 0.5) is 10.6 Å². The van der Waals surface area contributed by atoms with E-state index in [1.54, 1.807) is 19.2 Å². The Bertz CT molecular complexity index is 974. The highest BCUT2D eigenvalue weighted by atomic mass is 16.6. The number of nitrogens with one attached hydrogen (secondary N) is 3. The van der Waals surface area contributed by atoms with E-state index in [4.69, 9.17) is 14.2 Å². The third-order valence-electron chi connectivity index (χ3n) is 5.05. The van der Waals surface area contributed by atoms with E-state index in [1.807, 2.05) is 20.8 Å². The molecule has 32 heavy (non-hydrogen) atoms. The Morgan fingerprint density at radius 2 is 2.06 bits per heavy atom. The van der Waals surface area contributed by atoms with Crippen molar-refractivity contribution in [2.24, 2.45) is 7.05 Å². The second-order valence-electron chi connectivity index (χ2n) is 9.28. The monoisotopic (exact) mass is 446 g/mol. The predicted octanol–water partition coefficient (Wildman–Crippen LogP) is 2.43. The van der Waals surface area contributed by atoms with E-state index in [9.17, 15) is 9.59 Å². The third-order valence-corrected chi connectivity index (χ3v) is 5.05. The first-order valence-corrected chi connectivity index (χ1v) is 10.8. The molecule has 2 atom stereocenters. The maximum absolute atomic E-state index is 12.7. The number of aromatic amines is 1. The molecule has 3 heterocycles. The molecule has 2 fully saturated rings. The van der Waals surface area contributed by atoms with Crippen LogP contribution in [-0.4, -0.2) is 56.3 Å². The molecule has 1 saturated heterocycles. The number of alkyl carbamates (subject to hydrolysis) is 1. The number of hydrogen-bond donors (Lipinski definition) is 3. The summed E-state index contributed by atoms with van der Waals surface area (Å²) in [5, 5.41) is 16.9. The molecular formula is C21H30N6O5. The number of rotatable bonds is 7. The number of anilines is 1. The van der Waals surface area contributed by atoms with E-state index in [0.29, 0.717) is 48.6 Å². The Kier molecular flexibility index (Phi) is 6.20. The minimum Gasteiger partial charge on any atom is -0.444 e. The SMILES string of the molecule is Cn1nc(COC2CC2)cc1C(=O)Nc1cc([C@@H]2C[C@H](OC(=O)NC(C)(C)C)CO2)[nH]n1. The van der Waals surface area contributed by atoms with Gasteiger partial charge in [-0.05, 0) is 39.7 Å². The summed E-state index contributed by atoms with van der Waals surface area (Å²) in [6.07, 6.45) is 1.87. The minimum absolute atomic E-state index is 0.295. The molecule has 0 spiro atoms. The van der Waals surface area contributed by atoms with Crippen molar-refractivity contribution in [3.63, 3.8) is 0 Å². The van der Waals surface area contributed by atoms with Gasteiger partial charge in [0.05, 0.1) is 30.7 Å². The first-order chi connectivity index (χ1) is 15.2. The van der Waals surface area contributed by atoms with E-state index in [0.717, 1.165) is 12.8 Å². The molecule has 11 nitrogen and oxygen atoms in total. The molecule has 0 aromatic carbocycles. The number of ether oxygens (including phenoxy) is 3. The highest BCUT2D eigenvalue weighted by molar-refractivity contribution is 6.02. The van der Waals surface area contributed by atoms with Crippen molar-refractivity contribution in [2.75, 3.05) is 11.9 Å². The average Bonchev–Trinajstić information content (AvgIpc) is 3.06. The van der Waals surface area contributed by atoms with Crippen LogP contribution in [0.2, 0.25) is 0 Å². The topological polar surface area (TPSA) is 132 Å². The maximum Gasteiger partial charge on any atom is 0.407 e. The van der Waals surface area contributed by atoms with Gasteiger partial charge in [0.1, 0.15) is 17.9 Å². The molecule has 0 bridgehead atoms. The number of amides is 2. The van der Waals surface area contributed by atoms with E-state index in [1.165, 1.54) is 4.68 Å². The van der Waals surface area contributed by atoms with Crippen LogP contribution < -0.4 is 10.6 Å². The first-order valence-electron chi connectivity index (χ1n) is 10.8. The average molecular weight is 447 g/mol. The van der Waals surface area contributed by atoms with Crippen LogP contribution in [0.1, 0.15) is 68.0 Å². The Labute approximate surface area is 186 Å². The van der Waals surface area contributed by atoms with E-state index in [-0.39, 0.29) is 23.7 Å². The van der Waals surface area contributed by atoms with Crippen molar-refractivity contribution < 1.29 is 23.8 Å². The van der Waals surface area contributed by atoms with Crippen LogP contribution in [-0.2, 0) is 27.9 Å². The molecular weight excluding hydrogens is 416 g/mol. The van der Waals surface area contributed by atoms with Crippen LogP contribution >= 0.6 is 0 Å². The van der Waals surface area contributed by atoms with Gasteiger partial charge < -0.3 is 24.8 Å².